The average molecular weight is 225 g/mol. The van der Waals surface area contributed by atoms with Crippen molar-refractivity contribution in [3.63, 3.8) is 0 Å². The molecule has 0 aliphatic carbocycles. The third-order valence-corrected chi connectivity index (χ3v) is 2.31. The molecule has 1 aromatic rings. The lowest BCUT2D eigenvalue weighted by molar-refractivity contribution is -0.120. The van der Waals surface area contributed by atoms with Gasteiger partial charge in [0.05, 0.1) is 6.04 Å². The van der Waals surface area contributed by atoms with Gasteiger partial charge in [-0.25, -0.2) is 4.39 Å². The SMILES string of the molecule is COCCC(N)C(=O)Cc1cccc(F)c1. The highest BCUT2D eigenvalue weighted by Crippen LogP contribution is 2.06. The van der Waals surface area contributed by atoms with Crippen LogP contribution in [0.25, 0.3) is 0 Å². The third kappa shape index (κ3) is 4.08. The number of hydrogen-bond acceptors (Lipinski definition) is 3. The van der Waals surface area contributed by atoms with Gasteiger partial charge in [0.15, 0.2) is 5.78 Å². The second-order valence-electron chi connectivity index (χ2n) is 3.66. The van der Waals surface area contributed by atoms with Crippen LogP contribution in [0.1, 0.15) is 12.0 Å². The zero-order valence-electron chi connectivity index (χ0n) is 9.28. The van der Waals surface area contributed by atoms with E-state index in [2.05, 4.69) is 0 Å². The van der Waals surface area contributed by atoms with Crippen LogP contribution in [-0.2, 0) is 16.0 Å². The maximum absolute atomic E-state index is 12.9. The van der Waals surface area contributed by atoms with Gasteiger partial charge in [-0.2, -0.15) is 0 Å². The maximum atomic E-state index is 12.9. The van der Waals surface area contributed by atoms with Crippen LogP contribution in [0.4, 0.5) is 4.39 Å². The minimum atomic E-state index is -0.539. The second-order valence-corrected chi connectivity index (χ2v) is 3.66. The minimum Gasteiger partial charge on any atom is -0.385 e. The van der Waals surface area contributed by atoms with E-state index in [0.29, 0.717) is 18.6 Å². The highest BCUT2D eigenvalue weighted by Gasteiger charge is 2.13. The first-order valence-electron chi connectivity index (χ1n) is 5.15. The van der Waals surface area contributed by atoms with Gasteiger partial charge in [-0.15, -0.1) is 0 Å². The van der Waals surface area contributed by atoms with Crippen molar-refractivity contribution < 1.29 is 13.9 Å². The van der Waals surface area contributed by atoms with Gasteiger partial charge in [0.1, 0.15) is 5.82 Å². The molecule has 0 amide bonds. The fraction of sp³-hybridized carbons (Fsp3) is 0.417. The lowest BCUT2D eigenvalue weighted by Crippen LogP contribution is -2.32. The summed E-state index contributed by atoms with van der Waals surface area (Å²) in [5.41, 5.74) is 6.32. The Bertz CT molecular complexity index is 355. The Morgan fingerprint density at radius 2 is 2.31 bits per heavy atom. The largest absolute Gasteiger partial charge is 0.385 e. The van der Waals surface area contributed by atoms with Gasteiger partial charge >= 0.3 is 0 Å². The molecular formula is C12H16FNO2. The summed E-state index contributed by atoms with van der Waals surface area (Å²) < 4.78 is 17.7. The van der Waals surface area contributed by atoms with Crippen LogP contribution in [0.15, 0.2) is 24.3 Å². The van der Waals surface area contributed by atoms with E-state index in [1.165, 1.54) is 12.1 Å². The van der Waals surface area contributed by atoms with E-state index in [1.54, 1.807) is 19.2 Å². The van der Waals surface area contributed by atoms with E-state index >= 15 is 0 Å². The zero-order chi connectivity index (χ0) is 12.0. The van der Waals surface area contributed by atoms with E-state index in [0.717, 1.165) is 0 Å². The number of rotatable bonds is 6. The minimum absolute atomic E-state index is 0.0948. The standard InChI is InChI=1S/C12H16FNO2/c1-16-6-5-11(14)12(15)8-9-3-2-4-10(13)7-9/h2-4,7,11H,5-6,8,14H2,1H3. The smallest absolute Gasteiger partial charge is 0.153 e. The average Bonchev–Trinajstić information content (AvgIpc) is 2.25. The van der Waals surface area contributed by atoms with Crippen LogP contribution in [0.3, 0.4) is 0 Å². The highest BCUT2D eigenvalue weighted by atomic mass is 19.1. The third-order valence-electron chi connectivity index (χ3n) is 2.31. The van der Waals surface area contributed by atoms with E-state index in [-0.39, 0.29) is 18.0 Å². The number of hydrogen-bond donors (Lipinski definition) is 1. The molecule has 0 spiro atoms. The van der Waals surface area contributed by atoms with Crippen molar-refractivity contribution in [3.8, 4) is 0 Å². The second kappa shape index (κ2) is 6.35. The summed E-state index contributed by atoms with van der Waals surface area (Å²) in [6.07, 6.45) is 0.660. The monoisotopic (exact) mass is 225 g/mol. The summed E-state index contributed by atoms with van der Waals surface area (Å²) in [6, 6.07) is 5.45. The summed E-state index contributed by atoms with van der Waals surface area (Å²) in [6.45, 7) is 0.454. The van der Waals surface area contributed by atoms with Gasteiger partial charge in [0.25, 0.3) is 0 Å². The Balaban J connectivity index is 2.50. The van der Waals surface area contributed by atoms with E-state index in [9.17, 15) is 9.18 Å². The van der Waals surface area contributed by atoms with Crippen LogP contribution < -0.4 is 5.73 Å². The molecule has 0 saturated carbocycles. The molecular weight excluding hydrogens is 209 g/mol. The van der Waals surface area contributed by atoms with Gasteiger partial charge in [-0.3, -0.25) is 4.79 Å². The van der Waals surface area contributed by atoms with Crippen LogP contribution >= 0.6 is 0 Å². The quantitative estimate of drug-likeness (QED) is 0.794. The van der Waals surface area contributed by atoms with Crippen molar-refractivity contribution in [3.05, 3.63) is 35.6 Å². The van der Waals surface area contributed by atoms with Crippen LogP contribution in [-0.4, -0.2) is 25.5 Å². The highest BCUT2D eigenvalue weighted by molar-refractivity contribution is 5.85. The lowest BCUT2D eigenvalue weighted by Gasteiger charge is -2.09. The molecule has 0 heterocycles. The summed E-state index contributed by atoms with van der Waals surface area (Å²) in [5.74, 6) is -0.432. The van der Waals surface area contributed by atoms with Crippen LogP contribution in [0.5, 0.6) is 0 Å². The molecule has 88 valence electrons. The number of benzene rings is 1. The first-order chi connectivity index (χ1) is 7.63. The van der Waals surface area contributed by atoms with Gasteiger partial charge < -0.3 is 10.5 Å². The summed E-state index contributed by atoms with van der Waals surface area (Å²) in [5, 5.41) is 0. The van der Waals surface area contributed by atoms with Crippen molar-refractivity contribution in [1.82, 2.24) is 0 Å². The van der Waals surface area contributed by atoms with Gasteiger partial charge in [-0.1, -0.05) is 12.1 Å². The fourth-order valence-electron chi connectivity index (χ4n) is 1.39. The lowest BCUT2D eigenvalue weighted by atomic mass is 10.0. The molecule has 3 nitrogen and oxygen atoms in total. The molecule has 1 rings (SSSR count). The fourth-order valence-corrected chi connectivity index (χ4v) is 1.39. The zero-order valence-corrected chi connectivity index (χ0v) is 9.28. The van der Waals surface area contributed by atoms with E-state index in [4.69, 9.17) is 10.5 Å². The first-order valence-corrected chi connectivity index (χ1v) is 5.15. The van der Waals surface area contributed by atoms with Crippen molar-refractivity contribution in [1.29, 1.82) is 0 Å². The number of nitrogens with two attached hydrogens (primary N) is 1. The molecule has 0 aromatic heterocycles. The van der Waals surface area contributed by atoms with E-state index in [1.807, 2.05) is 0 Å². The molecule has 0 fully saturated rings. The molecule has 2 N–H and O–H groups in total. The predicted molar refractivity (Wildman–Crippen MR) is 59.6 cm³/mol. The van der Waals surface area contributed by atoms with Crippen LogP contribution in [0.2, 0.25) is 0 Å². The number of carbonyl (C=O) groups is 1. The molecule has 0 saturated heterocycles. The molecule has 0 radical (unpaired) electrons. The number of carbonyl (C=O) groups excluding carboxylic acids is 1. The molecule has 0 aliphatic rings. The molecule has 0 bridgehead atoms. The summed E-state index contributed by atoms with van der Waals surface area (Å²) in [7, 11) is 1.56. The Hall–Kier alpha value is -1.26. The summed E-state index contributed by atoms with van der Waals surface area (Å²) in [4.78, 5) is 11.6. The van der Waals surface area contributed by atoms with Gasteiger partial charge in [0.2, 0.25) is 0 Å². The number of halogens is 1. The number of ketones is 1. The van der Waals surface area contributed by atoms with Crippen molar-refractivity contribution in [2.45, 2.75) is 18.9 Å². The van der Waals surface area contributed by atoms with Crippen LogP contribution in [0, 0.1) is 5.82 Å². The number of methoxy groups -OCH3 is 1. The number of ether oxygens (including phenoxy) is 1. The topological polar surface area (TPSA) is 52.3 Å². The maximum Gasteiger partial charge on any atom is 0.153 e. The first kappa shape index (κ1) is 12.8. The Morgan fingerprint density at radius 3 is 2.94 bits per heavy atom. The molecule has 1 aromatic carbocycles. The van der Waals surface area contributed by atoms with Crippen molar-refractivity contribution >= 4 is 5.78 Å². The Morgan fingerprint density at radius 1 is 1.56 bits per heavy atom. The van der Waals surface area contributed by atoms with Crippen molar-refractivity contribution in [2.75, 3.05) is 13.7 Å². The molecule has 4 heteroatoms. The van der Waals surface area contributed by atoms with E-state index < -0.39 is 6.04 Å². The normalized spacial score (nSPS) is 12.4. The summed E-state index contributed by atoms with van der Waals surface area (Å²) >= 11 is 0. The predicted octanol–water partition coefficient (Wildman–Crippen LogP) is 1.30. The van der Waals surface area contributed by atoms with Gasteiger partial charge in [0, 0.05) is 20.1 Å². The molecule has 0 aliphatic heterocycles. The van der Waals surface area contributed by atoms with Crippen molar-refractivity contribution in [2.24, 2.45) is 5.73 Å². The van der Waals surface area contributed by atoms with Gasteiger partial charge in [-0.05, 0) is 24.1 Å². The molecule has 16 heavy (non-hydrogen) atoms. The number of Topliss-reactive ketones (excluding diaryl/α,β-unsaturated/α-hetero) is 1. The Kier molecular flexibility index (Phi) is 5.08. The molecule has 1 unspecified atom stereocenters. The molecule has 1 atom stereocenters. The Labute approximate surface area is 94.4 Å².